The summed E-state index contributed by atoms with van der Waals surface area (Å²) < 4.78 is 0.836. The van der Waals surface area contributed by atoms with E-state index < -0.39 is 0 Å². The fourth-order valence-corrected chi connectivity index (χ4v) is 0.749. The zero-order valence-corrected chi connectivity index (χ0v) is 6.46. The average Bonchev–Trinajstić information content (AvgIpc) is 1.97. The Bertz CT molecular complexity index is 312. The highest BCUT2D eigenvalue weighted by Gasteiger charge is 2.04. The summed E-state index contributed by atoms with van der Waals surface area (Å²) in [4.78, 5) is 15.0. The first kappa shape index (κ1) is 7.59. The molecule has 1 aromatic rings. The maximum atomic E-state index is 11.1. The van der Waals surface area contributed by atoms with Crippen molar-refractivity contribution in [2.45, 2.75) is 13.8 Å². The minimum absolute atomic E-state index is 0.0399. The Morgan fingerprint density at radius 2 is 2.00 bits per heavy atom. The van der Waals surface area contributed by atoms with Gasteiger partial charge in [-0.15, -0.1) is 0 Å². The molecule has 4 N–H and O–H groups in total. The molecule has 0 amide bonds. The second-order valence-electron chi connectivity index (χ2n) is 2.36. The fourth-order valence-electron chi connectivity index (χ4n) is 0.749. The third kappa shape index (κ3) is 1.04. The predicted molar refractivity (Wildman–Crippen MR) is 42.5 cm³/mol. The van der Waals surface area contributed by atoms with E-state index in [0.29, 0.717) is 11.3 Å². The molecule has 0 aliphatic rings. The van der Waals surface area contributed by atoms with Gasteiger partial charge in [0.2, 0.25) is 5.95 Å². The second-order valence-corrected chi connectivity index (χ2v) is 2.36. The molecule has 1 aromatic heterocycles. The van der Waals surface area contributed by atoms with Gasteiger partial charge in [0.25, 0.3) is 5.56 Å². The average molecular weight is 154 g/mol. The van der Waals surface area contributed by atoms with Crippen LogP contribution in [0.15, 0.2) is 4.79 Å². The summed E-state index contributed by atoms with van der Waals surface area (Å²) in [5.74, 6) is 5.31. The van der Waals surface area contributed by atoms with E-state index in [1.165, 1.54) is 0 Å². The molecule has 5 nitrogen and oxygen atoms in total. The lowest BCUT2D eigenvalue weighted by atomic mass is 10.3. The van der Waals surface area contributed by atoms with Gasteiger partial charge in [-0.25, -0.2) is 4.98 Å². The quantitative estimate of drug-likeness (QED) is 0.477. The van der Waals surface area contributed by atoms with Gasteiger partial charge in [-0.05, 0) is 13.8 Å². The first-order valence-corrected chi connectivity index (χ1v) is 3.15. The molecule has 0 aromatic carbocycles. The number of hydrogen-bond donors (Lipinski definition) is 2. The van der Waals surface area contributed by atoms with E-state index in [-0.39, 0.29) is 11.5 Å². The van der Waals surface area contributed by atoms with Gasteiger partial charge in [-0.2, -0.15) is 4.68 Å². The van der Waals surface area contributed by atoms with Crippen LogP contribution in [0, 0.1) is 13.8 Å². The lowest BCUT2D eigenvalue weighted by molar-refractivity contribution is 0.874. The number of hydrogen-bond acceptors (Lipinski definition) is 4. The van der Waals surface area contributed by atoms with Gasteiger partial charge in [-0.1, -0.05) is 0 Å². The van der Waals surface area contributed by atoms with Crippen molar-refractivity contribution in [3.05, 3.63) is 21.6 Å². The van der Waals surface area contributed by atoms with Crippen LogP contribution in [0.2, 0.25) is 0 Å². The highest BCUT2D eigenvalue weighted by atomic mass is 16.1. The standard InChI is InChI=1S/C6H10N4O/c1-3-4(2)9-6(7)10(8)5(3)11/h8H2,1-2H3,(H2,7,9). The normalized spacial score (nSPS) is 10.0. The molecule has 0 aliphatic heterocycles. The number of aryl methyl sites for hydroxylation is 1. The molecule has 0 unspecified atom stereocenters. The van der Waals surface area contributed by atoms with Crippen molar-refractivity contribution in [2.75, 3.05) is 11.6 Å². The molecule has 0 saturated carbocycles. The van der Waals surface area contributed by atoms with Crippen LogP contribution in [0.4, 0.5) is 5.95 Å². The largest absolute Gasteiger partial charge is 0.368 e. The van der Waals surface area contributed by atoms with Crippen molar-refractivity contribution in [1.29, 1.82) is 0 Å². The molecule has 0 saturated heterocycles. The van der Waals surface area contributed by atoms with E-state index >= 15 is 0 Å². The molecule has 0 radical (unpaired) electrons. The molecular weight excluding hydrogens is 144 g/mol. The molecule has 5 heteroatoms. The van der Waals surface area contributed by atoms with Crippen LogP contribution < -0.4 is 17.1 Å². The number of nitrogen functional groups attached to an aromatic ring is 2. The first-order valence-electron chi connectivity index (χ1n) is 3.15. The monoisotopic (exact) mass is 154 g/mol. The van der Waals surface area contributed by atoms with Crippen LogP contribution in [-0.2, 0) is 0 Å². The smallest absolute Gasteiger partial charge is 0.276 e. The van der Waals surface area contributed by atoms with Crippen LogP contribution in [0.5, 0.6) is 0 Å². The molecule has 0 atom stereocenters. The summed E-state index contributed by atoms with van der Waals surface area (Å²) in [5.41, 5.74) is 6.17. The van der Waals surface area contributed by atoms with E-state index in [2.05, 4.69) is 4.98 Å². The molecular formula is C6H10N4O. The highest BCUT2D eigenvalue weighted by molar-refractivity contribution is 5.25. The Morgan fingerprint density at radius 1 is 1.45 bits per heavy atom. The minimum atomic E-state index is -0.296. The lowest BCUT2D eigenvalue weighted by Gasteiger charge is -2.04. The molecule has 0 spiro atoms. The van der Waals surface area contributed by atoms with E-state index in [0.717, 1.165) is 4.68 Å². The van der Waals surface area contributed by atoms with Crippen LogP contribution in [-0.4, -0.2) is 9.66 Å². The minimum Gasteiger partial charge on any atom is -0.368 e. The SMILES string of the molecule is Cc1nc(N)n(N)c(=O)c1C. The molecule has 0 aliphatic carbocycles. The van der Waals surface area contributed by atoms with Gasteiger partial charge < -0.3 is 11.6 Å². The topological polar surface area (TPSA) is 86.9 Å². The summed E-state index contributed by atoms with van der Waals surface area (Å²) >= 11 is 0. The van der Waals surface area contributed by atoms with Crippen molar-refractivity contribution in [3.63, 3.8) is 0 Å². The number of aromatic nitrogens is 2. The number of nitrogens with zero attached hydrogens (tertiary/aromatic N) is 2. The highest BCUT2D eigenvalue weighted by Crippen LogP contribution is 1.97. The Kier molecular flexibility index (Phi) is 1.56. The summed E-state index contributed by atoms with van der Waals surface area (Å²) in [5, 5.41) is 0. The maximum absolute atomic E-state index is 11.1. The van der Waals surface area contributed by atoms with Crippen LogP contribution in [0.1, 0.15) is 11.3 Å². The van der Waals surface area contributed by atoms with E-state index in [1.54, 1.807) is 13.8 Å². The summed E-state index contributed by atoms with van der Waals surface area (Å²) in [6, 6.07) is 0. The summed E-state index contributed by atoms with van der Waals surface area (Å²) in [7, 11) is 0. The fraction of sp³-hybridized carbons (Fsp3) is 0.333. The number of anilines is 1. The molecule has 60 valence electrons. The Hall–Kier alpha value is -1.52. The molecule has 0 fully saturated rings. The lowest BCUT2D eigenvalue weighted by Crippen LogP contribution is -2.32. The number of rotatable bonds is 0. The van der Waals surface area contributed by atoms with Gasteiger partial charge in [0.15, 0.2) is 0 Å². The maximum Gasteiger partial charge on any atom is 0.276 e. The molecule has 1 rings (SSSR count). The third-order valence-electron chi connectivity index (χ3n) is 1.61. The first-order chi connectivity index (χ1) is 5.04. The van der Waals surface area contributed by atoms with Crippen molar-refractivity contribution >= 4 is 5.95 Å². The molecule has 1 heterocycles. The van der Waals surface area contributed by atoms with Crippen molar-refractivity contribution in [3.8, 4) is 0 Å². The predicted octanol–water partition coefficient (Wildman–Crippen LogP) is -0.844. The van der Waals surface area contributed by atoms with Gasteiger partial charge in [0.05, 0.1) is 0 Å². The molecule has 0 bridgehead atoms. The van der Waals surface area contributed by atoms with Gasteiger partial charge in [-0.3, -0.25) is 4.79 Å². The van der Waals surface area contributed by atoms with Crippen molar-refractivity contribution < 1.29 is 0 Å². The van der Waals surface area contributed by atoms with Gasteiger partial charge >= 0.3 is 0 Å². The summed E-state index contributed by atoms with van der Waals surface area (Å²) in [6.07, 6.45) is 0. The van der Waals surface area contributed by atoms with Gasteiger partial charge in [0, 0.05) is 11.3 Å². The van der Waals surface area contributed by atoms with Crippen molar-refractivity contribution in [2.24, 2.45) is 0 Å². The van der Waals surface area contributed by atoms with E-state index in [9.17, 15) is 4.79 Å². The van der Waals surface area contributed by atoms with Crippen molar-refractivity contribution in [1.82, 2.24) is 9.66 Å². The van der Waals surface area contributed by atoms with E-state index in [1.807, 2.05) is 0 Å². The molecule has 11 heavy (non-hydrogen) atoms. The van der Waals surface area contributed by atoms with E-state index in [4.69, 9.17) is 11.6 Å². The number of nitrogens with two attached hydrogens (primary N) is 2. The third-order valence-corrected chi connectivity index (χ3v) is 1.61. The van der Waals surface area contributed by atoms with Crippen LogP contribution >= 0.6 is 0 Å². The Balaban J connectivity index is 3.59. The zero-order valence-electron chi connectivity index (χ0n) is 6.46. The second kappa shape index (κ2) is 2.26. The zero-order chi connectivity index (χ0) is 8.59. The Labute approximate surface area is 63.6 Å². The van der Waals surface area contributed by atoms with Gasteiger partial charge in [0.1, 0.15) is 0 Å². The van der Waals surface area contributed by atoms with Crippen LogP contribution in [0.3, 0.4) is 0 Å². The summed E-state index contributed by atoms with van der Waals surface area (Å²) in [6.45, 7) is 3.38. The Morgan fingerprint density at radius 3 is 2.55 bits per heavy atom. The van der Waals surface area contributed by atoms with Crippen LogP contribution in [0.25, 0.3) is 0 Å².